The van der Waals surface area contributed by atoms with Crippen molar-refractivity contribution in [3.05, 3.63) is 91.8 Å². The first-order valence-electron chi connectivity index (χ1n) is 11.0. The molecule has 0 fully saturated rings. The number of amides is 2. The van der Waals surface area contributed by atoms with Crippen molar-refractivity contribution < 1.29 is 63.1 Å². The Morgan fingerprint density at radius 3 is 1.93 bits per heavy atom. The lowest BCUT2D eigenvalue weighted by atomic mass is 9.92. The zero-order valence-corrected chi connectivity index (χ0v) is 22.5. The molecule has 0 saturated heterocycles. The van der Waals surface area contributed by atoms with E-state index < -0.39 is 79.5 Å². The van der Waals surface area contributed by atoms with Crippen molar-refractivity contribution in [1.29, 1.82) is 5.26 Å². The highest BCUT2D eigenvalue weighted by Crippen LogP contribution is 2.54. The minimum atomic E-state index is -6.74. The molecule has 0 aliphatic carbocycles. The molecule has 0 atom stereocenters. The monoisotopic (exact) mass is 737 g/mol. The Morgan fingerprint density at radius 2 is 1.44 bits per heavy atom. The number of nitrogens with zero attached hydrogens (tertiary/aromatic N) is 2. The summed E-state index contributed by atoms with van der Waals surface area (Å²) < 4.78 is 149. The fourth-order valence-corrected chi connectivity index (χ4v) is 4.36. The first kappa shape index (κ1) is 33.5. The summed E-state index contributed by atoms with van der Waals surface area (Å²) in [6.07, 6.45) is -19.2. The third kappa shape index (κ3) is 6.36. The van der Waals surface area contributed by atoms with E-state index in [1.165, 1.54) is 17.4 Å². The quantitative estimate of drug-likeness (QED) is 0.121. The topological polar surface area (TPSA) is 93.4 Å². The van der Waals surface area contributed by atoms with Crippen LogP contribution in [0.4, 0.5) is 59.7 Å². The van der Waals surface area contributed by atoms with Crippen LogP contribution in [0.15, 0.2) is 54.6 Å². The van der Waals surface area contributed by atoms with Crippen molar-refractivity contribution in [2.45, 2.75) is 24.2 Å². The molecule has 0 saturated carbocycles. The SMILES string of the molecule is N#Cc1ccc(C(=O)N(O)c2cccc(C(=O)Nc3c(I)cc(C(F)(C(F)(F)F)C(F)(F)F)cc3C(F)(F)F)c2F)cc1. The van der Waals surface area contributed by atoms with Crippen LogP contribution in [0.3, 0.4) is 0 Å². The number of halogens is 12. The van der Waals surface area contributed by atoms with Gasteiger partial charge in [0.2, 0.25) is 0 Å². The van der Waals surface area contributed by atoms with Gasteiger partial charge in [0.15, 0.2) is 5.82 Å². The fraction of sp³-hybridized carbons (Fsp3) is 0.160. The Hall–Kier alpha value is -3.99. The minimum Gasteiger partial charge on any atom is -0.320 e. The number of anilines is 2. The molecular formula is C25H11F11IN3O3. The Morgan fingerprint density at radius 1 is 0.884 bits per heavy atom. The highest BCUT2D eigenvalue weighted by atomic mass is 127. The van der Waals surface area contributed by atoms with Crippen molar-refractivity contribution in [3.8, 4) is 6.07 Å². The van der Waals surface area contributed by atoms with E-state index in [0.29, 0.717) is 6.07 Å². The molecule has 0 aliphatic heterocycles. The fourth-order valence-electron chi connectivity index (χ4n) is 3.60. The van der Waals surface area contributed by atoms with Crippen LogP contribution in [0.25, 0.3) is 0 Å². The van der Waals surface area contributed by atoms with Crippen molar-refractivity contribution >= 4 is 45.8 Å². The van der Waals surface area contributed by atoms with Gasteiger partial charge in [-0.25, -0.2) is 8.78 Å². The van der Waals surface area contributed by atoms with Crippen LogP contribution >= 0.6 is 22.6 Å². The van der Waals surface area contributed by atoms with Gasteiger partial charge in [-0.3, -0.25) is 14.8 Å². The van der Waals surface area contributed by atoms with Crippen LogP contribution in [-0.4, -0.2) is 29.4 Å². The van der Waals surface area contributed by atoms with Crippen molar-refractivity contribution in [2.24, 2.45) is 0 Å². The molecule has 6 nitrogen and oxygen atoms in total. The Labute approximate surface area is 246 Å². The first-order chi connectivity index (χ1) is 19.6. The van der Waals surface area contributed by atoms with Crippen LogP contribution in [0, 0.1) is 20.7 Å². The average molecular weight is 737 g/mol. The molecule has 3 aromatic rings. The molecule has 2 amide bonds. The summed E-state index contributed by atoms with van der Waals surface area (Å²) in [5.74, 6) is -4.69. The molecule has 0 aromatic heterocycles. The summed E-state index contributed by atoms with van der Waals surface area (Å²) in [6, 6.07) is 7.64. The zero-order chi connectivity index (χ0) is 32.7. The van der Waals surface area contributed by atoms with Crippen LogP contribution in [0.5, 0.6) is 0 Å². The molecule has 0 spiro atoms. The zero-order valence-electron chi connectivity index (χ0n) is 20.4. The van der Waals surface area contributed by atoms with Gasteiger partial charge in [-0.2, -0.15) is 49.8 Å². The smallest absolute Gasteiger partial charge is 0.320 e. The predicted octanol–water partition coefficient (Wildman–Crippen LogP) is 7.90. The normalized spacial score (nSPS) is 12.5. The Bertz CT molecular complexity index is 1600. The second-order valence-electron chi connectivity index (χ2n) is 8.43. The van der Waals surface area contributed by atoms with Gasteiger partial charge in [0.25, 0.3) is 11.8 Å². The third-order valence-electron chi connectivity index (χ3n) is 5.72. The van der Waals surface area contributed by atoms with E-state index >= 15 is 4.39 Å². The molecule has 0 radical (unpaired) electrons. The standard InChI is InChI=1S/C25H11F11IN3O3/c26-18-14(2-1-3-17(18)40(43)21(42)12-6-4-11(10-38)5-7-12)20(41)39-19-15(23(28,29)30)8-13(9-16(19)37)22(27,24(31,32)33)25(34,35)36/h1-9,43H,(H,39,41). The second kappa shape index (κ2) is 11.6. The number of carbonyl (C=O) groups excluding carboxylic acids is 2. The molecule has 2 N–H and O–H groups in total. The molecule has 3 aromatic carbocycles. The summed E-state index contributed by atoms with van der Waals surface area (Å²) >= 11 is 0.824. The maximum absolute atomic E-state index is 15.2. The number of benzene rings is 3. The Balaban J connectivity index is 2.06. The van der Waals surface area contributed by atoms with Gasteiger partial charge in [-0.05, 0) is 71.1 Å². The summed E-state index contributed by atoms with van der Waals surface area (Å²) in [4.78, 5) is 25.3. The van der Waals surface area contributed by atoms with Crippen LogP contribution in [0.2, 0.25) is 0 Å². The van der Waals surface area contributed by atoms with Gasteiger partial charge in [0.1, 0.15) is 5.69 Å². The average Bonchev–Trinajstić information content (AvgIpc) is 2.90. The van der Waals surface area contributed by atoms with E-state index in [-0.39, 0.29) is 22.3 Å². The molecule has 0 unspecified atom stereocenters. The largest absolute Gasteiger partial charge is 0.435 e. The first-order valence-corrected chi connectivity index (χ1v) is 12.1. The highest BCUT2D eigenvalue weighted by molar-refractivity contribution is 14.1. The molecule has 0 bridgehead atoms. The maximum atomic E-state index is 15.2. The van der Waals surface area contributed by atoms with E-state index in [2.05, 4.69) is 0 Å². The number of hydrogen-bond donors (Lipinski definition) is 2. The molecule has 43 heavy (non-hydrogen) atoms. The van der Waals surface area contributed by atoms with E-state index in [4.69, 9.17) is 5.26 Å². The number of nitriles is 1. The summed E-state index contributed by atoms with van der Waals surface area (Å²) in [7, 11) is 0. The van der Waals surface area contributed by atoms with Gasteiger partial charge < -0.3 is 5.32 Å². The summed E-state index contributed by atoms with van der Waals surface area (Å²) in [5.41, 5.74) is -14.7. The summed E-state index contributed by atoms with van der Waals surface area (Å²) in [6.45, 7) is 0. The lowest BCUT2D eigenvalue weighted by molar-refractivity contribution is -0.348. The van der Waals surface area contributed by atoms with E-state index in [0.717, 1.165) is 46.9 Å². The van der Waals surface area contributed by atoms with Crippen molar-refractivity contribution in [1.82, 2.24) is 0 Å². The number of nitrogens with one attached hydrogen (secondary N) is 1. The van der Waals surface area contributed by atoms with Crippen molar-refractivity contribution in [3.63, 3.8) is 0 Å². The number of carbonyl (C=O) groups is 2. The van der Waals surface area contributed by atoms with E-state index in [1.54, 1.807) is 6.07 Å². The molecule has 3 rings (SSSR count). The van der Waals surface area contributed by atoms with E-state index in [9.17, 15) is 58.7 Å². The molecule has 18 heteroatoms. The number of hydroxylamine groups is 1. The van der Waals surface area contributed by atoms with E-state index in [1.807, 2.05) is 0 Å². The van der Waals surface area contributed by atoms with Gasteiger partial charge >= 0.3 is 24.2 Å². The Kier molecular flexibility index (Phi) is 9.04. The highest BCUT2D eigenvalue weighted by Gasteiger charge is 2.73. The lowest BCUT2D eigenvalue weighted by Crippen LogP contribution is -2.50. The maximum Gasteiger partial charge on any atom is 0.435 e. The second-order valence-corrected chi connectivity index (χ2v) is 9.59. The lowest BCUT2D eigenvalue weighted by Gasteiger charge is -2.31. The number of rotatable bonds is 5. The molecule has 228 valence electrons. The van der Waals surface area contributed by atoms with Gasteiger partial charge in [-0.15, -0.1) is 0 Å². The van der Waals surface area contributed by atoms with Crippen LogP contribution in [0.1, 0.15) is 37.4 Å². The van der Waals surface area contributed by atoms with Crippen molar-refractivity contribution in [2.75, 3.05) is 10.4 Å². The van der Waals surface area contributed by atoms with Gasteiger partial charge in [0, 0.05) is 14.7 Å². The number of alkyl halides is 10. The molecular weight excluding hydrogens is 726 g/mol. The van der Waals surface area contributed by atoms with Crippen LogP contribution < -0.4 is 10.4 Å². The molecule has 0 aliphatic rings. The minimum absolute atomic E-state index is 0.126. The number of hydrogen-bond acceptors (Lipinski definition) is 4. The third-order valence-corrected chi connectivity index (χ3v) is 6.57. The van der Waals surface area contributed by atoms with Crippen LogP contribution in [-0.2, 0) is 11.8 Å². The molecule has 0 heterocycles. The van der Waals surface area contributed by atoms with Gasteiger partial charge in [0.05, 0.1) is 28.4 Å². The predicted molar refractivity (Wildman–Crippen MR) is 133 cm³/mol. The summed E-state index contributed by atoms with van der Waals surface area (Å²) in [5, 5.41) is 20.3. The van der Waals surface area contributed by atoms with Gasteiger partial charge in [-0.1, -0.05) is 6.07 Å².